The standard InChI is InChI=1S/C24H23ClN4O3/c25-20-16-26-24-21(22(20)32-19-4-2-1-3-5-19)27-23(28-24)17-6-8-18(9-7-17)31-15-12-29-10-13-30-14-11-29/h1-9,16H,10-15H2,(H,26,27,28). The van der Waals surface area contributed by atoms with Crippen molar-refractivity contribution < 1.29 is 14.2 Å². The molecule has 0 bridgehead atoms. The average molecular weight is 451 g/mol. The molecule has 32 heavy (non-hydrogen) atoms. The van der Waals surface area contributed by atoms with Crippen molar-refractivity contribution in [1.29, 1.82) is 0 Å². The summed E-state index contributed by atoms with van der Waals surface area (Å²) in [7, 11) is 0. The van der Waals surface area contributed by atoms with Crippen LogP contribution in [0.1, 0.15) is 0 Å². The van der Waals surface area contributed by atoms with E-state index in [1.807, 2.05) is 54.6 Å². The van der Waals surface area contributed by atoms with Crippen molar-refractivity contribution in [2.75, 3.05) is 39.5 Å². The van der Waals surface area contributed by atoms with Crippen LogP contribution in [0.15, 0.2) is 60.8 Å². The highest BCUT2D eigenvalue weighted by molar-refractivity contribution is 6.32. The molecule has 3 heterocycles. The molecule has 1 saturated heterocycles. The predicted molar refractivity (Wildman–Crippen MR) is 124 cm³/mol. The van der Waals surface area contributed by atoms with Crippen LogP contribution in [0.5, 0.6) is 17.2 Å². The van der Waals surface area contributed by atoms with Gasteiger partial charge in [-0.25, -0.2) is 9.97 Å². The minimum absolute atomic E-state index is 0.417. The number of aromatic amines is 1. The SMILES string of the molecule is Clc1cnc2nc(-c3ccc(OCCN4CCOCC4)cc3)[nH]c2c1Oc1ccccc1. The molecule has 7 nitrogen and oxygen atoms in total. The summed E-state index contributed by atoms with van der Waals surface area (Å²) in [5.74, 6) is 2.71. The van der Waals surface area contributed by atoms with Gasteiger partial charge in [0, 0.05) is 25.2 Å². The highest BCUT2D eigenvalue weighted by atomic mass is 35.5. The minimum Gasteiger partial charge on any atom is -0.492 e. The van der Waals surface area contributed by atoms with Gasteiger partial charge in [-0.05, 0) is 36.4 Å². The number of para-hydroxylation sites is 1. The maximum absolute atomic E-state index is 6.37. The number of nitrogens with one attached hydrogen (secondary N) is 1. The minimum atomic E-state index is 0.417. The third-order valence-corrected chi connectivity index (χ3v) is 5.57. The van der Waals surface area contributed by atoms with Gasteiger partial charge in [-0.1, -0.05) is 29.8 Å². The first-order chi connectivity index (χ1) is 15.8. The van der Waals surface area contributed by atoms with E-state index in [4.69, 9.17) is 25.8 Å². The van der Waals surface area contributed by atoms with E-state index < -0.39 is 0 Å². The van der Waals surface area contributed by atoms with Gasteiger partial charge in [-0.15, -0.1) is 0 Å². The average Bonchev–Trinajstić information content (AvgIpc) is 3.27. The molecule has 164 valence electrons. The zero-order chi connectivity index (χ0) is 21.8. The van der Waals surface area contributed by atoms with Crippen LogP contribution in [-0.4, -0.2) is 59.3 Å². The number of hydrogen-bond donors (Lipinski definition) is 1. The van der Waals surface area contributed by atoms with Crippen molar-refractivity contribution >= 4 is 22.8 Å². The van der Waals surface area contributed by atoms with Crippen LogP contribution < -0.4 is 9.47 Å². The van der Waals surface area contributed by atoms with Crippen molar-refractivity contribution in [3.8, 4) is 28.6 Å². The van der Waals surface area contributed by atoms with E-state index in [1.165, 1.54) is 0 Å². The number of morpholine rings is 1. The van der Waals surface area contributed by atoms with E-state index in [9.17, 15) is 0 Å². The number of H-pyrrole nitrogens is 1. The molecule has 2 aromatic carbocycles. The Kier molecular flexibility index (Phi) is 6.20. The summed E-state index contributed by atoms with van der Waals surface area (Å²) in [4.78, 5) is 14.6. The van der Waals surface area contributed by atoms with E-state index >= 15 is 0 Å². The Balaban J connectivity index is 1.30. The summed E-state index contributed by atoms with van der Waals surface area (Å²) in [5.41, 5.74) is 2.12. The fraction of sp³-hybridized carbons (Fsp3) is 0.250. The number of benzene rings is 2. The van der Waals surface area contributed by atoms with Gasteiger partial charge in [-0.2, -0.15) is 0 Å². The van der Waals surface area contributed by atoms with Crippen LogP contribution in [0, 0.1) is 0 Å². The summed E-state index contributed by atoms with van der Waals surface area (Å²) >= 11 is 6.37. The molecular formula is C24H23ClN4O3. The smallest absolute Gasteiger partial charge is 0.182 e. The third kappa shape index (κ3) is 4.70. The number of ether oxygens (including phenoxy) is 3. The number of rotatable bonds is 7. The number of pyridine rings is 1. The molecule has 1 fully saturated rings. The van der Waals surface area contributed by atoms with Crippen LogP contribution in [0.3, 0.4) is 0 Å². The Bertz CT molecular complexity index is 1180. The Labute approximate surface area is 190 Å². The monoisotopic (exact) mass is 450 g/mol. The van der Waals surface area contributed by atoms with Crippen molar-refractivity contribution in [3.05, 3.63) is 65.8 Å². The van der Waals surface area contributed by atoms with Crippen LogP contribution in [0.4, 0.5) is 0 Å². The van der Waals surface area contributed by atoms with Crippen molar-refractivity contribution in [3.63, 3.8) is 0 Å². The number of hydrogen-bond acceptors (Lipinski definition) is 6. The predicted octanol–water partition coefficient (Wildman–Crippen LogP) is 4.78. The summed E-state index contributed by atoms with van der Waals surface area (Å²) < 4.78 is 17.3. The molecular weight excluding hydrogens is 428 g/mol. The van der Waals surface area contributed by atoms with E-state index in [1.54, 1.807) is 6.20 Å². The molecule has 2 aromatic heterocycles. The molecule has 1 aliphatic heterocycles. The second kappa shape index (κ2) is 9.56. The Morgan fingerprint density at radius 3 is 2.56 bits per heavy atom. The largest absolute Gasteiger partial charge is 0.492 e. The lowest BCUT2D eigenvalue weighted by molar-refractivity contribution is 0.0322. The lowest BCUT2D eigenvalue weighted by Gasteiger charge is -2.26. The van der Waals surface area contributed by atoms with Gasteiger partial charge in [0.1, 0.15) is 34.5 Å². The molecule has 8 heteroatoms. The van der Waals surface area contributed by atoms with Gasteiger partial charge in [-0.3, -0.25) is 4.90 Å². The fourth-order valence-corrected chi connectivity index (χ4v) is 3.76. The van der Waals surface area contributed by atoms with Crippen LogP contribution in [0.2, 0.25) is 5.02 Å². The molecule has 0 aliphatic carbocycles. The summed E-state index contributed by atoms with van der Waals surface area (Å²) in [6, 6.07) is 17.3. The lowest BCUT2D eigenvalue weighted by atomic mass is 10.2. The molecule has 0 unspecified atom stereocenters. The zero-order valence-corrected chi connectivity index (χ0v) is 18.2. The van der Waals surface area contributed by atoms with Gasteiger partial charge in [0.05, 0.1) is 19.4 Å². The number of nitrogens with zero attached hydrogens (tertiary/aromatic N) is 3. The van der Waals surface area contributed by atoms with Gasteiger partial charge in [0.25, 0.3) is 0 Å². The van der Waals surface area contributed by atoms with Crippen LogP contribution >= 0.6 is 11.6 Å². The number of fused-ring (bicyclic) bond motifs is 1. The second-order valence-electron chi connectivity index (χ2n) is 7.46. The maximum atomic E-state index is 6.37. The summed E-state index contributed by atoms with van der Waals surface area (Å²) in [6.07, 6.45) is 1.55. The van der Waals surface area contributed by atoms with Crippen molar-refractivity contribution in [2.24, 2.45) is 0 Å². The maximum Gasteiger partial charge on any atom is 0.182 e. The normalized spacial score (nSPS) is 14.5. The van der Waals surface area contributed by atoms with E-state index in [2.05, 4.69) is 19.9 Å². The van der Waals surface area contributed by atoms with Gasteiger partial charge in [0.15, 0.2) is 11.4 Å². The first kappa shape index (κ1) is 20.8. The van der Waals surface area contributed by atoms with Crippen LogP contribution in [0.25, 0.3) is 22.6 Å². The fourth-order valence-electron chi connectivity index (χ4n) is 3.58. The highest BCUT2D eigenvalue weighted by Gasteiger charge is 2.16. The molecule has 0 atom stereocenters. The van der Waals surface area contributed by atoms with E-state index in [-0.39, 0.29) is 0 Å². The lowest BCUT2D eigenvalue weighted by Crippen LogP contribution is -2.38. The van der Waals surface area contributed by atoms with Gasteiger partial charge in [0.2, 0.25) is 0 Å². The number of imidazole rings is 1. The van der Waals surface area contributed by atoms with E-state index in [0.29, 0.717) is 40.1 Å². The van der Waals surface area contributed by atoms with Gasteiger partial charge < -0.3 is 19.2 Å². The number of aromatic nitrogens is 3. The van der Waals surface area contributed by atoms with Crippen molar-refractivity contribution in [1.82, 2.24) is 19.9 Å². The molecule has 0 amide bonds. The molecule has 1 aliphatic rings. The summed E-state index contributed by atoms with van der Waals surface area (Å²) in [5, 5.41) is 0.417. The molecule has 5 rings (SSSR count). The Morgan fingerprint density at radius 2 is 1.78 bits per heavy atom. The summed E-state index contributed by atoms with van der Waals surface area (Å²) in [6.45, 7) is 5.05. The van der Waals surface area contributed by atoms with Crippen molar-refractivity contribution in [2.45, 2.75) is 0 Å². The van der Waals surface area contributed by atoms with E-state index in [0.717, 1.165) is 44.2 Å². The zero-order valence-electron chi connectivity index (χ0n) is 17.5. The topological polar surface area (TPSA) is 72.5 Å². The van der Waals surface area contributed by atoms with Gasteiger partial charge >= 0.3 is 0 Å². The first-order valence-electron chi connectivity index (χ1n) is 10.6. The third-order valence-electron chi connectivity index (χ3n) is 5.30. The Hall–Kier alpha value is -3.13. The number of halogens is 1. The first-order valence-corrected chi connectivity index (χ1v) is 10.9. The second-order valence-corrected chi connectivity index (χ2v) is 7.87. The molecule has 1 N–H and O–H groups in total. The molecule has 0 saturated carbocycles. The quantitative estimate of drug-likeness (QED) is 0.436. The van der Waals surface area contributed by atoms with Crippen LogP contribution in [-0.2, 0) is 4.74 Å². The molecule has 0 spiro atoms. The molecule has 4 aromatic rings. The molecule has 0 radical (unpaired) electrons. The Morgan fingerprint density at radius 1 is 1.00 bits per heavy atom. The highest BCUT2D eigenvalue weighted by Crippen LogP contribution is 2.35.